The molecule has 0 aliphatic carbocycles. The highest BCUT2D eigenvalue weighted by Gasteiger charge is 1.77. The van der Waals surface area contributed by atoms with Crippen molar-refractivity contribution in [2.75, 3.05) is 0 Å². The Morgan fingerprint density at radius 1 is 0.613 bits per heavy atom. The monoisotopic (exact) mass is 452 g/mol. The fraction of sp³-hybridized carbons (Fsp3) is 0.185. The second-order valence-electron chi connectivity index (χ2n) is 6.70. The Labute approximate surface area is 194 Å². The van der Waals surface area contributed by atoms with Gasteiger partial charge in [0.25, 0.3) is 0 Å². The summed E-state index contributed by atoms with van der Waals surface area (Å²) in [5, 5.41) is 6.28. The Balaban J connectivity index is 0.000000194. The minimum absolute atomic E-state index is 0.968. The predicted octanol–water partition coefficient (Wildman–Crippen LogP) is 9.28. The van der Waals surface area contributed by atoms with E-state index in [0.717, 1.165) is 5.76 Å². The molecule has 5 rings (SSSR count). The van der Waals surface area contributed by atoms with Gasteiger partial charge in [0.2, 0.25) is 0 Å². The van der Waals surface area contributed by atoms with Crippen molar-refractivity contribution >= 4 is 22.7 Å². The zero-order valence-electron chi connectivity index (χ0n) is 18.9. The van der Waals surface area contributed by atoms with Crippen LogP contribution < -0.4 is 0 Å². The van der Waals surface area contributed by atoms with Gasteiger partial charge in [-0.25, -0.2) is 0 Å². The second kappa shape index (κ2) is 16.9. The van der Waals surface area contributed by atoms with Gasteiger partial charge in [0, 0.05) is 4.88 Å². The summed E-state index contributed by atoms with van der Waals surface area (Å²) in [5.41, 5.74) is 3.86. The number of hydrogen-bond donors (Lipinski definition) is 0. The smallest absolute Gasteiger partial charge is 0.100 e. The van der Waals surface area contributed by atoms with Gasteiger partial charge >= 0.3 is 0 Å². The van der Waals surface area contributed by atoms with E-state index < -0.39 is 0 Å². The molecule has 0 amide bonds. The summed E-state index contributed by atoms with van der Waals surface area (Å²) in [6.07, 6.45) is 5.03. The third-order valence-electron chi connectivity index (χ3n) is 3.59. The highest BCUT2D eigenvalue weighted by Crippen LogP contribution is 2.03. The summed E-state index contributed by atoms with van der Waals surface area (Å²) < 4.78 is 9.55. The van der Waals surface area contributed by atoms with Gasteiger partial charge in [-0.1, -0.05) is 42.0 Å². The van der Waals surface area contributed by atoms with Gasteiger partial charge in [-0.15, -0.1) is 11.3 Å². The van der Waals surface area contributed by atoms with Crippen molar-refractivity contribution in [3.05, 3.63) is 129 Å². The van der Waals surface area contributed by atoms with Crippen LogP contribution in [-0.4, -0.2) is 0 Å². The maximum Gasteiger partial charge on any atom is 0.100 e. The Bertz CT molecular complexity index is 823. The zero-order chi connectivity index (χ0) is 22.7. The molecule has 4 heterocycles. The van der Waals surface area contributed by atoms with E-state index in [1.165, 1.54) is 21.6 Å². The van der Waals surface area contributed by atoms with Gasteiger partial charge in [0.1, 0.15) is 5.76 Å². The number of benzene rings is 1. The number of thiophene rings is 2. The van der Waals surface area contributed by atoms with Gasteiger partial charge in [-0.05, 0) is 92.2 Å². The van der Waals surface area contributed by atoms with Crippen molar-refractivity contribution in [2.24, 2.45) is 0 Å². The predicted molar refractivity (Wildman–Crippen MR) is 136 cm³/mol. The average Bonchev–Trinajstić information content (AvgIpc) is 3.56. The van der Waals surface area contributed by atoms with Crippen LogP contribution in [0.3, 0.4) is 0 Å². The maximum atomic E-state index is 4.83. The molecular weight excluding hydrogens is 420 g/mol. The van der Waals surface area contributed by atoms with Crippen LogP contribution in [0.4, 0.5) is 0 Å². The zero-order valence-corrected chi connectivity index (χ0v) is 20.6. The second-order valence-corrected chi connectivity index (χ2v) is 8.64. The first-order valence-electron chi connectivity index (χ1n) is 9.97. The number of rotatable bonds is 0. The molecule has 0 bridgehead atoms. The molecule has 0 aliphatic rings. The van der Waals surface area contributed by atoms with Crippen molar-refractivity contribution in [2.45, 2.75) is 34.6 Å². The molecule has 1 aromatic carbocycles. The summed E-state index contributed by atoms with van der Waals surface area (Å²) in [4.78, 5) is 1.38. The summed E-state index contributed by atoms with van der Waals surface area (Å²) >= 11 is 3.52. The lowest BCUT2D eigenvalue weighted by Gasteiger charge is -1.82. The van der Waals surface area contributed by atoms with Crippen LogP contribution in [0, 0.1) is 34.6 Å². The fourth-order valence-corrected chi connectivity index (χ4v) is 3.11. The van der Waals surface area contributed by atoms with Crippen LogP contribution in [0.15, 0.2) is 110 Å². The molecular formula is C27H32O2S2. The summed E-state index contributed by atoms with van der Waals surface area (Å²) in [6.45, 7) is 10.2. The van der Waals surface area contributed by atoms with E-state index in [0.29, 0.717) is 0 Å². The van der Waals surface area contributed by atoms with Gasteiger partial charge in [-0.2, -0.15) is 11.3 Å². The molecule has 2 nitrogen and oxygen atoms in total. The Morgan fingerprint density at radius 2 is 1.39 bits per heavy atom. The minimum atomic E-state index is 0.968. The third kappa shape index (κ3) is 15.7. The first-order valence-corrected chi connectivity index (χ1v) is 11.8. The molecule has 0 atom stereocenters. The number of furan rings is 2. The Hall–Kier alpha value is -2.82. The van der Waals surface area contributed by atoms with Crippen LogP contribution in [0.1, 0.15) is 27.3 Å². The molecule has 0 saturated carbocycles. The lowest BCUT2D eigenvalue weighted by Crippen LogP contribution is -1.62. The van der Waals surface area contributed by atoms with Crippen molar-refractivity contribution in [1.82, 2.24) is 0 Å². The maximum absolute atomic E-state index is 4.83. The number of hydrogen-bond acceptors (Lipinski definition) is 4. The molecule has 164 valence electrons. The van der Waals surface area contributed by atoms with Crippen molar-refractivity contribution in [1.29, 1.82) is 0 Å². The van der Waals surface area contributed by atoms with E-state index in [-0.39, 0.29) is 0 Å². The normalized spacial score (nSPS) is 8.81. The molecule has 4 aromatic heterocycles. The fourth-order valence-electron chi connectivity index (χ4n) is 1.92. The molecule has 0 unspecified atom stereocenters. The van der Waals surface area contributed by atoms with Gasteiger partial charge in [0.15, 0.2) is 0 Å². The highest BCUT2D eigenvalue weighted by molar-refractivity contribution is 7.09. The van der Waals surface area contributed by atoms with Gasteiger partial charge in [-0.3, -0.25) is 0 Å². The van der Waals surface area contributed by atoms with E-state index in [4.69, 9.17) is 8.83 Å². The molecule has 5 aromatic rings. The topological polar surface area (TPSA) is 26.3 Å². The van der Waals surface area contributed by atoms with Crippen LogP contribution in [-0.2, 0) is 0 Å². The minimum Gasteiger partial charge on any atom is -0.472 e. The van der Waals surface area contributed by atoms with Crippen molar-refractivity contribution < 1.29 is 8.83 Å². The standard InChI is InChI=1S/C7H8.2C5H6O.2C5H6S/c1-7-5-3-2-4-6-7;1-5-2-3-6-4-5;1-5-3-2-4-6-5;1-5-2-3-6-4-5;1-5-3-2-4-6-5/h2-6H,1H3;4*2-4H,1H3. The van der Waals surface area contributed by atoms with Crippen LogP contribution in [0.25, 0.3) is 0 Å². The van der Waals surface area contributed by atoms with Crippen LogP contribution >= 0.6 is 22.7 Å². The summed E-state index contributed by atoms with van der Waals surface area (Å²) in [6, 6.07) is 22.2. The average molecular weight is 453 g/mol. The first-order chi connectivity index (χ1) is 15.0. The SMILES string of the molecule is Cc1ccccc1.Cc1ccco1.Cc1cccs1.Cc1ccoc1.Cc1ccsc1. The molecule has 0 fully saturated rings. The Morgan fingerprint density at radius 3 is 1.58 bits per heavy atom. The lowest BCUT2D eigenvalue weighted by atomic mass is 10.2. The van der Waals surface area contributed by atoms with E-state index in [1.807, 2.05) is 50.2 Å². The first kappa shape index (κ1) is 26.2. The number of aryl methyl sites for hydroxylation is 5. The van der Waals surface area contributed by atoms with E-state index in [9.17, 15) is 0 Å². The molecule has 0 spiro atoms. The molecule has 0 radical (unpaired) electrons. The lowest BCUT2D eigenvalue weighted by molar-refractivity contribution is 0.534. The van der Waals surface area contributed by atoms with Gasteiger partial charge < -0.3 is 8.83 Å². The molecule has 0 aliphatic heterocycles. The summed E-state index contributed by atoms with van der Waals surface area (Å²) in [5.74, 6) is 0.968. The van der Waals surface area contributed by atoms with Crippen molar-refractivity contribution in [3.63, 3.8) is 0 Å². The van der Waals surface area contributed by atoms with E-state index in [2.05, 4.69) is 67.2 Å². The third-order valence-corrected chi connectivity index (χ3v) is 5.20. The molecule has 31 heavy (non-hydrogen) atoms. The molecule has 0 N–H and O–H groups in total. The largest absolute Gasteiger partial charge is 0.472 e. The summed E-state index contributed by atoms with van der Waals surface area (Å²) in [7, 11) is 0. The van der Waals surface area contributed by atoms with Crippen LogP contribution in [0.2, 0.25) is 0 Å². The van der Waals surface area contributed by atoms with Gasteiger partial charge in [0.05, 0.1) is 18.8 Å². The quantitative estimate of drug-likeness (QED) is 0.234. The van der Waals surface area contributed by atoms with E-state index >= 15 is 0 Å². The van der Waals surface area contributed by atoms with Crippen molar-refractivity contribution in [3.8, 4) is 0 Å². The van der Waals surface area contributed by atoms with Crippen LogP contribution in [0.5, 0.6) is 0 Å². The highest BCUT2D eigenvalue weighted by atomic mass is 32.1. The Kier molecular flexibility index (Phi) is 14.3. The molecule has 0 saturated heterocycles. The van der Waals surface area contributed by atoms with E-state index in [1.54, 1.807) is 41.5 Å². The molecule has 4 heteroatoms.